The second kappa shape index (κ2) is 8.81. The Morgan fingerprint density at radius 2 is 2.00 bits per heavy atom. The average molecular weight is 408 g/mol. The molecular weight excluding hydrogens is 374 g/mol. The van der Waals surface area contributed by atoms with E-state index in [2.05, 4.69) is 30.0 Å². The van der Waals surface area contributed by atoms with Crippen LogP contribution >= 0.6 is 0 Å². The summed E-state index contributed by atoms with van der Waals surface area (Å²) in [5, 5.41) is 10.1. The van der Waals surface area contributed by atoms with Crippen LogP contribution in [0.15, 0.2) is 54.6 Å². The van der Waals surface area contributed by atoms with Crippen LogP contribution < -0.4 is 0 Å². The number of ether oxygens (including phenoxy) is 1. The lowest BCUT2D eigenvalue weighted by molar-refractivity contribution is -0.147. The minimum atomic E-state index is -0.153. The SMILES string of the molecule is COC(=O)C(Cc1ccccc1)CN1CCC2(c3cccc(O)c3)CCCC1C2C. The highest BCUT2D eigenvalue weighted by Crippen LogP contribution is 2.51. The van der Waals surface area contributed by atoms with Gasteiger partial charge in [-0.2, -0.15) is 0 Å². The fraction of sp³-hybridized carbons (Fsp3) is 0.500. The lowest BCUT2D eigenvalue weighted by Crippen LogP contribution is -2.58. The lowest BCUT2D eigenvalue weighted by atomic mass is 9.57. The van der Waals surface area contributed by atoms with Crippen molar-refractivity contribution in [3.8, 4) is 5.75 Å². The van der Waals surface area contributed by atoms with Gasteiger partial charge in [0.25, 0.3) is 0 Å². The summed E-state index contributed by atoms with van der Waals surface area (Å²) in [6.45, 7) is 4.09. The monoisotopic (exact) mass is 407 g/mol. The highest BCUT2D eigenvalue weighted by Gasteiger charge is 2.49. The van der Waals surface area contributed by atoms with Crippen molar-refractivity contribution >= 4 is 5.97 Å². The van der Waals surface area contributed by atoms with Gasteiger partial charge >= 0.3 is 5.97 Å². The number of methoxy groups -OCH3 is 1. The number of hydrogen-bond acceptors (Lipinski definition) is 4. The summed E-state index contributed by atoms with van der Waals surface area (Å²) in [6.07, 6.45) is 5.30. The molecule has 2 aromatic carbocycles. The first-order valence-electron chi connectivity index (χ1n) is 11.2. The molecule has 160 valence electrons. The minimum absolute atomic E-state index is 0.118. The van der Waals surface area contributed by atoms with Crippen LogP contribution in [0.4, 0.5) is 0 Å². The van der Waals surface area contributed by atoms with E-state index in [9.17, 15) is 9.90 Å². The molecule has 0 aromatic heterocycles. The molecule has 4 nitrogen and oxygen atoms in total. The first-order valence-corrected chi connectivity index (χ1v) is 11.2. The van der Waals surface area contributed by atoms with Gasteiger partial charge in [0.15, 0.2) is 0 Å². The van der Waals surface area contributed by atoms with Crippen LogP contribution in [0.3, 0.4) is 0 Å². The number of aromatic hydroxyl groups is 1. The Labute approximate surface area is 179 Å². The van der Waals surface area contributed by atoms with Crippen LogP contribution in [-0.4, -0.2) is 42.2 Å². The van der Waals surface area contributed by atoms with Gasteiger partial charge in [0.1, 0.15) is 5.75 Å². The summed E-state index contributed by atoms with van der Waals surface area (Å²) in [7, 11) is 1.49. The number of likely N-dealkylation sites (tertiary alicyclic amines) is 1. The number of esters is 1. The van der Waals surface area contributed by atoms with Gasteiger partial charge in [-0.3, -0.25) is 9.69 Å². The Kier molecular flexibility index (Phi) is 6.14. The van der Waals surface area contributed by atoms with Gasteiger partial charge in [0, 0.05) is 18.0 Å². The molecule has 4 unspecified atom stereocenters. The van der Waals surface area contributed by atoms with Gasteiger partial charge in [0.2, 0.25) is 0 Å². The molecule has 2 aromatic rings. The maximum atomic E-state index is 12.6. The van der Waals surface area contributed by atoms with Gasteiger partial charge in [-0.1, -0.05) is 55.8 Å². The number of piperidine rings is 1. The molecule has 2 aliphatic rings. The third-order valence-corrected chi connectivity index (χ3v) is 7.62. The van der Waals surface area contributed by atoms with Gasteiger partial charge < -0.3 is 9.84 Å². The number of carbonyl (C=O) groups excluding carboxylic acids is 1. The maximum absolute atomic E-state index is 12.6. The minimum Gasteiger partial charge on any atom is -0.508 e. The van der Waals surface area contributed by atoms with Crippen LogP contribution in [0.25, 0.3) is 0 Å². The molecule has 0 amide bonds. The zero-order valence-electron chi connectivity index (χ0n) is 18.1. The van der Waals surface area contributed by atoms with Crippen molar-refractivity contribution in [2.24, 2.45) is 11.8 Å². The van der Waals surface area contributed by atoms with Gasteiger partial charge in [0.05, 0.1) is 13.0 Å². The average Bonchev–Trinajstić information content (AvgIpc) is 2.75. The van der Waals surface area contributed by atoms with Gasteiger partial charge in [-0.15, -0.1) is 0 Å². The number of rotatable bonds is 6. The first kappa shape index (κ1) is 20.9. The quantitative estimate of drug-likeness (QED) is 0.714. The van der Waals surface area contributed by atoms with Crippen molar-refractivity contribution in [1.29, 1.82) is 0 Å². The standard InChI is InChI=1S/C26H33NO3/c1-19-24-12-7-13-26(19,22-10-6-11-23(28)17-22)14-15-27(24)18-21(25(29)30-2)16-20-8-4-3-5-9-20/h3-6,8-11,17,19,21,24,28H,7,12-16,18H2,1-2H3. The molecule has 0 radical (unpaired) electrons. The Hall–Kier alpha value is -2.33. The topological polar surface area (TPSA) is 49.8 Å². The number of phenolic OH excluding ortho intramolecular Hbond substituents is 1. The van der Waals surface area contributed by atoms with E-state index < -0.39 is 0 Å². The fourth-order valence-electron chi connectivity index (χ4n) is 6.00. The van der Waals surface area contributed by atoms with Crippen molar-refractivity contribution in [2.75, 3.05) is 20.2 Å². The molecular formula is C26H33NO3. The second-order valence-electron chi connectivity index (χ2n) is 9.11. The molecule has 1 N–H and O–H groups in total. The molecule has 1 saturated carbocycles. The zero-order valence-corrected chi connectivity index (χ0v) is 18.1. The third kappa shape index (κ3) is 3.98. The summed E-state index contributed by atoms with van der Waals surface area (Å²) in [5.41, 5.74) is 2.57. The van der Waals surface area contributed by atoms with Gasteiger partial charge in [-0.25, -0.2) is 0 Å². The number of nitrogens with zero attached hydrogens (tertiary/aromatic N) is 1. The number of fused-ring (bicyclic) bond motifs is 2. The number of phenols is 1. The summed E-state index contributed by atoms with van der Waals surface area (Å²) in [5.74, 6) is 0.566. The molecule has 1 saturated heterocycles. The van der Waals surface area contributed by atoms with E-state index in [1.54, 1.807) is 6.07 Å². The first-order chi connectivity index (χ1) is 14.5. The van der Waals surface area contributed by atoms with E-state index in [1.165, 1.54) is 37.5 Å². The predicted octanol–water partition coefficient (Wildman–Crippen LogP) is 4.56. The molecule has 1 aliphatic heterocycles. The summed E-state index contributed by atoms with van der Waals surface area (Å²) >= 11 is 0. The van der Waals surface area contributed by atoms with Crippen molar-refractivity contribution in [3.63, 3.8) is 0 Å². The van der Waals surface area contributed by atoms with E-state index in [-0.39, 0.29) is 17.3 Å². The van der Waals surface area contributed by atoms with E-state index >= 15 is 0 Å². The third-order valence-electron chi connectivity index (χ3n) is 7.62. The Morgan fingerprint density at radius 1 is 1.20 bits per heavy atom. The Bertz CT molecular complexity index is 868. The molecule has 1 aliphatic carbocycles. The Morgan fingerprint density at radius 3 is 2.73 bits per heavy atom. The van der Waals surface area contributed by atoms with Crippen molar-refractivity contribution in [2.45, 2.75) is 50.5 Å². The molecule has 4 heteroatoms. The van der Waals surface area contributed by atoms with E-state index in [4.69, 9.17) is 4.74 Å². The number of carbonyl (C=O) groups is 1. The van der Waals surface area contributed by atoms with Gasteiger partial charge in [-0.05, 0) is 61.4 Å². The molecule has 30 heavy (non-hydrogen) atoms. The van der Waals surface area contributed by atoms with E-state index in [0.29, 0.717) is 24.1 Å². The summed E-state index contributed by atoms with van der Waals surface area (Å²) < 4.78 is 5.17. The highest BCUT2D eigenvalue weighted by molar-refractivity contribution is 5.73. The number of benzene rings is 2. The van der Waals surface area contributed by atoms with Crippen LogP contribution in [0.1, 0.15) is 43.7 Å². The predicted molar refractivity (Wildman–Crippen MR) is 118 cm³/mol. The largest absolute Gasteiger partial charge is 0.508 e. The fourth-order valence-corrected chi connectivity index (χ4v) is 6.00. The molecule has 2 fully saturated rings. The normalized spacial score (nSPS) is 27.4. The van der Waals surface area contributed by atoms with Crippen LogP contribution in [-0.2, 0) is 21.4 Å². The van der Waals surface area contributed by atoms with Crippen molar-refractivity contribution < 1.29 is 14.6 Å². The maximum Gasteiger partial charge on any atom is 0.310 e. The van der Waals surface area contributed by atoms with Crippen LogP contribution in [0.5, 0.6) is 5.75 Å². The molecule has 2 bridgehead atoms. The van der Waals surface area contributed by atoms with Crippen LogP contribution in [0, 0.1) is 11.8 Å². The van der Waals surface area contributed by atoms with Crippen molar-refractivity contribution in [1.82, 2.24) is 4.90 Å². The second-order valence-corrected chi connectivity index (χ2v) is 9.11. The highest BCUT2D eigenvalue weighted by atomic mass is 16.5. The molecule has 0 spiro atoms. The molecule has 4 atom stereocenters. The van der Waals surface area contributed by atoms with E-state index in [0.717, 1.165) is 19.5 Å². The Balaban J connectivity index is 1.54. The summed E-state index contributed by atoms with van der Waals surface area (Å²) in [6, 6.07) is 18.5. The summed E-state index contributed by atoms with van der Waals surface area (Å²) in [4.78, 5) is 15.1. The van der Waals surface area contributed by atoms with E-state index in [1.807, 2.05) is 30.3 Å². The zero-order chi connectivity index (χ0) is 21.1. The van der Waals surface area contributed by atoms with Crippen molar-refractivity contribution in [3.05, 3.63) is 65.7 Å². The lowest BCUT2D eigenvalue weighted by Gasteiger charge is -2.56. The molecule has 4 rings (SSSR count). The molecule has 1 heterocycles. The number of hydrogen-bond donors (Lipinski definition) is 1. The smallest absolute Gasteiger partial charge is 0.310 e. The van der Waals surface area contributed by atoms with Crippen LogP contribution in [0.2, 0.25) is 0 Å².